The van der Waals surface area contributed by atoms with Crippen molar-refractivity contribution >= 4 is 11.9 Å². The molecule has 5 N–H and O–H groups in total. The molecule has 0 radical (unpaired) electrons. The highest BCUT2D eigenvalue weighted by Crippen LogP contribution is 2.19. The van der Waals surface area contributed by atoms with Crippen LogP contribution < -0.4 is 16.4 Å². The molecule has 0 saturated heterocycles. The van der Waals surface area contributed by atoms with Gasteiger partial charge < -0.3 is 16.4 Å². The molecule has 0 spiro atoms. The summed E-state index contributed by atoms with van der Waals surface area (Å²) in [6.45, 7) is 0. The largest absolute Gasteiger partial charge is 0.386 e. The Hall–Kier alpha value is -2.04. The second-order valence-electron chi connectivity index (χ2n) is 4.19. The van der Waals surface area contributed by atoms with Gasteiger partial charge in [0.15, 0.2) is 0 Å². The molecule has 1 atom stereocenters. The van der Waals surface area contributed by atoms with Crippen molar-refractivity contribution < 1.29 is 4.79 Å². The van der Waals surface area contributed by atoms with Crippen LogP contribution in [0, 0.1) is 5.41 Å². The molecule has 2 amide bonds. The molecular formula is C12H16N4O. The third kappa shape index (κ3) is 3.21. The average Bonchev–Trinajstić information content (AvgIpc) is 3.10. The Morgan fingerprint density at radius 2 is 2.00 bits per heavy atom. The molecule has 0 heterocycles. The number of carbonyl (C=O) groups excluding carboxylic acids is 1. The molecule has 1 aliphatic rings. The zero-order valence-electron chi connectivity index (χ0n) is 9.44. The fraction of sp³-hybridized carbons (Fsp3) is 0.333. The van der Waals surface area contributed by atoms with E-state index in [1.807, 2.05) is 30.3 Å². The average molecular weight is 232 g/mol. The Bertz CT molecular complexity index is 414. The molecule has 1 aromatic rings. The molecule has 5 nitrogen and oxygen atoms in total. The molecular weight excluding hydrogens is 216 g/mol. The topological polar surface area (TPSA) is 91.0 Å². The minimum atomic E-state index is -0.560. The minimum Gasteiger partial charge on any atom is -0.386 e. The Labute approximate surface area is 99.9 Å². The van der Waals surface area contributed by atoms with Gasteiger partial charge in [-0.25, -0.2) is 4.79 Å². The van der Waals surface area contributed by atoms with Gasteiger partial charge in [0.25, 0.3) is 0 Å². The van der Waals surface area contributed by atoms with Gasteiger partial charge in [-0.1, -0.05) is 30.3 Å². The maximum Gasteiger partial charge on any atom is 0.315 e. The first-order chi connectivity index (χ1) is 8.16. The van der Waals surface area contributed by atoms with E-state index in [1.165, 1.54) is 0 Å². The predicted octanol–water partition coefficient (Wildman–Crippen LogP) is 1.13. The summed E-state index contributed by atoms with van der Waals surface area (Å²) in [4.78, 5) is 11.6. The lowest BCUT2D eigenvalue weighted by atomic mass is 10.1. The Morgan fingerprint density at radius 1 is 1.35 bits per heavy atom. The van der Waals surface area contributed by atoms with Crippen LogP contribution in [0.15, 0.2) is 30.3 Å². The second-order valence-corrected chi connectivity index (χ2v) is 4.19. The summed E-state index contributed by atoms with van der Waals surface area (Å²) in [5.41, 5.74) is 6.32. The number of amides is 2. The lowest BCUT2D eigenvalue weighted by Gasteiger charge is -2.18. The van der Waals surface area contributed by atoms with E-state index in [9.17, 15) is 4.79 Å². The third-order valence-corrected chi connectivity index (χ3v) is 2.63. The smallest absolute Gasteiger partial charge is 0.315 e. The minimum absolute atomic E-state index is 0.0675. The van der Waals surface area contributed by atoms with E-state index in [0.717, 1.165) is 18.4 Å². The van der Waals surface area contributed by atoms with Gasteiger partial charge in [-0.3, -0.25) is 5.41 Å². The van der Waals surface area contributed by atoms with Crippen molar-refractivity contribution in [3.63, 3.8) is 0 Å². The Morgan fingerprint density at radius 3 is 2.53 bits per heavy atom. The van der Waals surface area contributed by atoms with E-state index in [0.29, 0.717) is 6.04 Å². The van der Waals surface area contributed by atoms with Gasteiger partial charge in [0.1, 0.15) is 11.9 Å². The molecule has 90 valence electrons. The fourth-order valence-corrected chi connectivity index (χ4v) is 1.57. The number of hydrogen-bond donors (Lipinski definition) is 4. The molecule has 1 aromatic carbocycles. The number of rotatable bonds is 4. The normalized spacial score (nSPS) is 16.0. The summed E-state index contributed by atoms with van der Waals surface area (Å²) in [5.74, 6) is -0.0675. The van der Waals surface area contributed by atoms with Crippen LogP contribution in [0.3, 0.4) is 0 Å². The van der Waals surface area contributed by atoms with Crippen molar-refractivity contribution in [2.45, 2.75) is 24.9 Å². The van der Waals surface area contributed by atoms with E-state index in [1.54, 1.807) is 0 Å². The van der Waals surface area contributed by atoms with Crippen LogP contribution in [0.25, 0.3) is 0 Å². The molecule has 0 aromatic heterocycles. The molecule has 1 aliphatic carbocycles. The number of nitrogens with two attached hydrogens (primary N) is 1. The zero-order valence-corrected chi connectivity index (χ0v) is 9.44. The van der Waals surface area contributed by atoms with Gasteiger partial charge in [0.2, 0.25) is 0 Å². The SMILES string of the molecule is N=C(N)C(NC(=O)NC1CC1)c1ccccc1. The number of amidine groups is 1. The molecule has 0 aliphatic heterocycles. The second kappa shape index (κ2) is 4.86. The van der Waals surface area contributed by atoms with E-state index in [2.05, 4.69) is 10.6 Å². The first kappa shape index (κ1) is 11.4. The van der Waals surface area contributed by atoms with Gasteiger partial charge in [-0.2, -0.15) is 0 Å². The number of benzene rings is 1. The quantitative estimate of drug-likeness (QED) is 0.463. The van der Waals surface area contributed by atoms with Gasteiger partial charge in [-0.15, -0.1) is 0 Å². The van der Waals surface area contributed by atoms with Crippen LogP contribution in [0.4, 0.5) is 4.79 Å². The van der Waals surface area contributed by atoms with Crippen molar-refractivity contribution in [2.24, 2.45) is 5.73 Å². The van der Waals surface area contributed by atoms with Crippen LogP contribution in [-0.2, 0) is 0 Å². The van der Waals surface area contributed by atoms with E-state index in [-0.39, 0.29) is 11.9 Å². The Balaban J connectivity index is 2.02. The molecule has 17 heavy (non-hydrogen) atoms. The number of hydrogen-bond acceptors (Lipinski definition) is 2. The molecule has 1 unspecified atom stereocenters. The summed E-state index contributed by atoms with van der Waals surface area (Å²) in [5, 5.41) is 13.0. The van der Waals surface area contributed by atoms with Crippen LogP contribution >= 0.6 is 0 Å². The van der Waals surface area contributed by atoms with E-state index in [4.69, 9.17) is 11.1 Å². The highest BCUT2D eigenvalue weighted by atomic mass is 16.2. The predicted molar refractivity (Wildman–Crippen MR) is 65.8 cm³/mol. The summed E-state index contributed by atoms with van der Waals surface area (Å²) in [7, 11) is 0. The van der Waals surface area contributed by atoms with E-state index >= 15 is 0 Å². The molecule has 2 rings (SSSR count). The monoisotopic (exact) mass is 232 g/mol. The van der Waals surface area contributed by atoms with Crippen molar-refractivity contribution in [1.82, 2.24) is 10.6 Å². The van der Waals surface area contributed by atoms with Gasteiger partial charge in [0, 0.05) is 6.04 Å². The van der Waals surface area contributed by atoms with Crippen molar-refractivity contribution in [2.75, 3.05) is 0 Å². The molecule has 0 bridgehead atoms. The lowest BCUT2D eigenvalue weighted by Crippen LogP contribution is -2.43. The lowest BCUT2D eigenvalue weighted by molar-refractivity contribution is 0.239. The van der Waals surface area contributed by atoms with Crippen molar-refractivity contribution in [3.8, 4) is 0 Å². The van der Waals surface area contributed by atoms with Crippen LogP contribution in [0.1, 0.15) is 24.4 Å². The number of urea groups is 1. The van der Waals surface area contributed by atoms with Crippen LogP contribution in [-0.4, -0.2) is 17.9 Å². The van der Waals surface area contributed by atoms with Gasteiger partial charge >= 0.3 is 6.03 Å². The van der Waals surface area contributed by atoms with Crippen molar-refractivity contribution in [1.29, 1.82) is 5.41 Å². The molecule has 1 fully saturated rings. The zero-order chi connectivity index (χ0) is 12.3. The maximum atomic E-state index is 11.6. The van der Waals surface area contributed by atoms with E-state index < -0.39 is 6.04 Å². The highest BCUT2D eigenvalue weighted by molar-refractivity contribution is 5.88. The number of carbonyl (C=O) groups is 1. The van der Waals surface area contributed by atoms with Crippen LogP contribution in [0.2, 0.25) is 0 Å². The standard InChI is InChI=1S/C12H16N4O/c13-11(14)10(8-4-2-1-3-5-8)16-12(17)15-9-6-7-9/h1-5,9-10H,6-7H2,(H3,13,14)(H2,15,16,17). The first-order valence-corrected chi connectivity index (χ1v) is 5.62. The summed E-state index contributed by atoms with van der Waals surface area (Å²) >= 11 is 0. The summed E-state index contributed by atoms with van der Waals surface area (Å²) in [6, 6.07) is 8.72. The fourth-order valence-electron chi connectivity index (χ4n) is 1.57. The Kier molecular flexibility index (Phi) is 3.27. The molecule has 5 heteroatoms. The summed E-state index contributed by atoms with van der Waals surface area (Å²) in [6.07, 6.45) is 2.06. The van der Waals surface area contributed by atoms with Gasteiger partial charge in [0.05, 0.1) is 0 Å². The summed E-state index contributed by atoms with van der Waals surface area (Å²) < 4.78 is 0. The first-order valence-electron chi connectivity index (χ1n) is 5.62. The highest BCUT2D eigenvalue weighted by Gasteiger charge is 2.25. The maximum absolute atomic E-state index is 11.6. The van der Waals surface area contributed by atoms with Gasteiger partial charge in [-0.05, 0) is 18.4 Å². The third-order valence-electron chi connectivity index (χ3n) is 2.63. The van der Waals surface area contributed by atoms with Crippen LogP contribution in [0.5, 0.6) is 0 Å². The van der Waals surface area contributed by atoms with Crippen molar-refractivity contribution in [3.05, 3.63) is 35.9 Å². The number of nitrogens with one attached hydrogen (secondary N) is 3. The molecule has 1 saturated carbocycles.